The molecular formula is C12H16N2O4. The molecule has 1 amide bonds. The summed E-state index contributed by atoms with van der Waals surface area (Å²) >= 11 is 0. The first-order valence-corrected chi connectivity index (χ1v) is 6.24. The lowest BCUT2D eigenvalue weighted by Crippen LogP contribution is -2.51. The number of rotatable bonds is 2. The fourth-order valence-corrected chi connectivity index (χ4v) is 2.99. The van der Waals surface area contributed by atoms with E-state index < -0.39 is 23.9 Å². The third-order valence-electron chi connectivity index (χ3n) is 3.90. The molecule has 2 unspecified atom stereocenters. The first-order valence-electron chi connectivity index (χ1n) is 6.24. The van der Waals surface area contributed by atoms with Crippen LogP contribution >= 0.6 is 0 Å². The Balaban J connectivity index is 1.79. The van der Waals surface area contributed by atoms with Gasteiger partial charge >= 0.3 is 5.97 Å². The zero-order valence-electron chi connectivity index (χ0n) is 9.91. The van der Waals surface area contributed by atoms with Gasteiger partial charge in [0.1, 0.15) is 5.92 Å². The lowest BCUT2D eigenvalue weighted by Gasteiger charge is -2.32. The summed E-state index contributed by atoms with van der Waals surface area (Å²) < 4.78 is 5.52. The van der Waals surface area contributed by atoms with E-state index in [1.807, 2.05) is 6.08 Å². The normalized spacial score (nSPS) is 38.1. The van der Waals surface area contributed by atoms with Crippen molar-refractivity contribution in [3.05, 3.63) is 12.2 Å². The van der Waals surface area contributed by atoms with Crippen molar-refractivity contribution in [1.29, 1.82) is 0 Å². The maximum atomic E-state index is 12.4. The number of nitrogens with one attached hydrogen (secondary N) is 1. The molecule has 0 aromatic carbocycles. The van der Waals surface area contributed by atoms with Crippen molar-refractivity contribution in [2.75, 3.05) is 26.2 Å². The Morgan fingerprint density at radius 1 is 1.17 bits per heavy atom. The Morgan fingerprint density at radius 3 is 2.39 bits per heavy atom. The van der Waals surface area contributed by atoms with E-state index in [0.29, 0.717) is 13.1 Å². The number of nitrogens with zero attached hydrogens (tertiary/aromatic N) is 1. The fraction of sp³-hybridized carbons (Fsp3) is 0.667. The van der Waals surface area contributed by atoms with Crippen molar-refractivity contribution in [1.82, 2.24) is 10.2 Å². The van der Waals surface area contributed by atoms with Crippen LogP contribution in [0.3, 0.4) is 0 Å². The minimum atomic E-state index is -0.944. The summed E-state index contributed by atoms with van der Waals surface area (Å²) in [6.45, 7) is 2.81. The largest absolute Gasteiger partial charge is 0.481 e. The number of ether oxygens (including phenoxy) is 1. The molecule has 4 atom stereocenters. The van der Waals surface area contributed by atoms with Crippen LogP contribution in [0.5, 0.6) is 0 Å². The van der Waals surface area contributed by atoms with Gasteiger partial charge in [0.2, 0.25) is 5.91 Å². The van der Waals surface area contributed by atoms with E-state index in [1.165, 1.54) is 0 Å². The van der Waals surface area contributed by atoms with Gasteiger partial charge in [-0.1, -0.05) is 12.2 Å². The SMILES string of the molecule is O=C(O)C1C(C(=O)N2CCNCC2)[C@@H]2C=C[C@H]1O2. The average Bonchev–Trinajstić information content (AvgIpc) is 2.99. The summed E-state index contributed by atoms with van der Waals surface area (Å²) in [5.74, 6) is -2.32. The molecule has 2 N–H and O–H groups in total. The van der Waals surface area contributed by atoms with Gasteiger partial charge in [-0.05, 0) is 0 Å². The smallest absolute Gasteiger partial charge is 0.310 e. The zero-order chi connectivity index (χ0) is 12.7. The molecule has 3 heterocycles. The van der Waals surface area contributed by atoms with Crippen LogP contribution in [0.15, 0.2) is 12.2 Å². The second-order valence-corrected chi connectivity index (χ2v) is 4.92. The Kier molecular flexibility index (Phi) is 2.83. The molecule has 0 aromatic rings. The highest BCUT2D eigenvalue weighted by Crippen LogP contribution is 2.40. The Hall–Kier alpha value is -1.40. The highest BCUT2D eigenvalue weighted by atomic mass is 16.5. The summed E-state index contributed by atoms with van der Waals surface area (Å²) in [6.07, 6.45) is 2.77. The Morgan fingerprint density at radius 2 is 1.78 bits per heavy atom. The zero-order valence-corrected chi connectivity index (χ0v) is 9.91. The van der Waals surface area contributed by atoms with Crippen molar-refractivity contribution >= 4 is 11.9 Å². The molecule has 0 saturated carbocycles. The van der Waals surface area contributed by atoms with Crippen molar-refractivity contribution in [3.8, 4) is 0 Å². The van der Waals surface area contributed by atoms with Gasteiger partial charge in [0.25, 0.3) is 0 Å². The molecule has 18 heavy (non-hydrogen) atoms. The molecule has 6 heteroatoms. The topological polar surface area (TPSA) is 78.9 Å². The van der Waals surface area contributed by atoms with Crippen LogP contribution in [0, 0.1) is 11.8 Å². The first kappa shape index (κ1) is 11.7. The number of amides is 1. The van der Waals surface area contributed by atoms with Gasteiger partial charge in [-0.15, -0.1) is 0 Å². The monoisotopic (exact) mass is 252 g/mol. The molecule has 0 radical (unpaired) electrons. The highest BCUT2D eigenvalue weighted by molar-refractivity contribution is 5.87. The van der Waals surface area contributed by atoms with Crippen molar-refractivity contribution < 1.29 is 19.4 Å². The molecule has 0 spiro atoms. The molecule has 0 aliphatic carbocycles. The number of piperazine rings is 1. The molecule has 2 fully saturated rings. The predicted octanol–water partition coefficient (Wildman–Crippen LogP) is -0.928. The lowest BCUT2D eigenvalue weighted by molar-refractivity contribution is -0.149. The second-order valence-electron chi connectivity index (χ2n) is 4.92. The molecule has 3 rings (SSSR count). The van der Waals surface area contributed by atoms with Crippen LogP contribution in [0.25, 0.3) is 0 Å². The summed E-state index contributed by atoms with van der Waals surface area (Å²) in [5, 5.41) is 12.4. The third kappa shape index (κ3) is 1.72. The van der Waals surface area contributed by atoms with Crippen LogP contribution in [0.2, 0.25) is 0 Å². The van der Waals surface area contributed by atoms with Crippen LogP contribution in [-0.2, 0) is 14.3 Å². The van der Waals surface area contributed by atoms with Gasteiger partial charge < -0.3 is 20.1 Å². The van der Waals surface area contributed by atoms with E-state index in [4.69, 9.17) is 4.74 Å². The molecule has 98 valence electrons. The molecule has 2 saturated heterocycles. The van der Waals surface area contributed by atoms with Crippen LogP contribution < -0.4 is 5.32 Å². The fourth-order valence-electron chi connectivity index (χ4n) is 2.99. The molecule has 3 aliphatic heterocycles. The molecular weight excluding hydrogens is 236 g/mol. The van der Waals surface area contributed by atoms with E-state index in [1.54, 1.807) is 11.0 Å². The molecule has 6 nitrogen and oxygen atoms in total. The van der Waals surface area contributed by atoms with Crippen LogP contribution in [0.1, 0.15) is 0 Å². The molecule has 3 aliphatic rings. The second kappa shape index (κ2) is 4.37. The Labute approximate surface area is 105 Å². The Bertz CT molecular complexity index is 403. The lowest BCUT2D eigenvalue weighted by atomic mass is 9.82. The quantitative estimate of drug-likeness (QED) is 0.621. The minimum Gasteiger partial charge on any atom is -0.481 e. The van der Waals surface area contributed by atoms with E-state index in [0.717, 1.165) is 13.1 Å². The van der Waals surface area contributed by atoms with Crippen LogP contribution in [0.4, 0.5) is 0 Å². The highest BCUT2D eigenvalue weighted by Gasteiger charge is 2.54. The van der Waals surface area contributed by atoms with Gasteiger partial charge in [0.05, 0.1) is 18.1 Å². The van der Waals surface area contributed by atoms with Gasteiger partial charge in [-0.3, -0.25) is 9.59 Å². The number of hydrogen-bond acceptors (Lipinski definition) is 4. The van der Waals surface area contributed by atoms with E-state index in [2.05, 4.69) is 5.32 Å². The third-order valence-corrected chi connectivity index (χ3v) is 3.90. The number of carboxylic acids is 1. The number of carboxylic acid groups (broad SMARTS) is 1. The van der Waals surface area contributed by atoms with E-state index in [9.17, 15) is 14.7 Å². The number of fused-ring (bicyclic) bond motifs is 2. The number of aliphatic carboxylic acids is 1. The van der Waals surface area contributed by atoms with Crippen molar-refractivity contribution in [2.24, 2.45) is 11.8 Å². The van der Waals surface area contributed by atoms with Gasteiger partial charge in [-0.2, -0.15) is 0 Å². The first-order chi connectivity index (χ1) is 8.68. The van der Waals surface area contributed by atoms with E-state index in [-0.39, 0.29) is 12.0 Å². The van der Waals surface area contributed by atoms with Gasteiger partial charge in [-0.25, -0.2) is 0 Å². The number of carbonyl (C=O) groups excluding carboxylic acids is 1. The molecule has 0 aromatic heterocycles. The minimum absolute atomic E-state index is 0.0826. The summed E-state index contributed by atoms with van der Waals surface area (Å²) in [5.41, 5.74) is 0. The van der Waals surface area contributed by atoms with Crippen molar-refractivity contribution in [3.63, 3.8) is 0 Å². The predicted molar refractivity (Wildman–Crippen MR) is 61.9 cm³/mol. The summed E-state index contributed by atoms with van der Waals surface area (Å²) in [4.78, 5) is 25.5. The van der Waals surface area contributed by atoms with Gasteiger partial charge in [0.15, 0.2) is 0 Å². The number of carbonyl (C=O) groups is 2. The van der Waals surface area contributed by atoms with Gasteiger partial charge in [0, 0.05) is 26.2 Å². The van der Waals surface area contributed by atoms with Crippen LogP contribution in [-0.4, -0.2) is 60.3 Å². The maximum Gasteiger partial charge on any atom is 0.310 e. The number of hydrogen-bond donors (Lipinski definition) is 2. The van der Waals surface area contributed by atoms with Crippen molar-refractivity contribution in [2.45, 2.75) is 12.2 Å². The average molecular weight is 252 g/mol. The summed E-state index contributed by atoms with van der Waals surface area (Å²) in [6, 6.07) is 0. The standard InChI is InChI=1S/C12H16N2O4/c15-11(14-5-3-13-4-6-14)9-7-1-2-8(18-7)10(9)12(16)17/h1-2,7-10,13H,3-6H2,(H,16,17)/t7-,8+,9?,10?/m0/s1. The maximum absolute atomic E-state index is 12.4. The van der Waals surface area contributed by atoms with E-state index >= 15 is 0 Å². The molecule has 2 bridgehead atoms. The summed E-state index contributed by atoms with van der Waals surface area (Å²) in [7, 11) is 0.